The van der Waals surface area contributed by atoms with E-state index in [1.54, 1.807) is 23.0 Å². The summed E-state index contributed by atoms with van der Waals surface area (Å²) in [7, 11) is 0. The molecule has 1 aromatic carbocycles. The Morgan fingerprint density at radius 2 is 1.97 bits per heavy atom. The van der Waals surface area contributed by atoms with E-state index in [2.05, 4.69) is 10.1 Å². The summed E-state index contributed by atoms with van der Waals surface area (Å²) in [6.45, 7) is 4.70. The van der Waals surface area contributed by atoms with Crippen molar-refractivity contribution < 1.29 is 14.3 Å². The third-order valence-electron chi connectivity index (χ3n) is 4.57. The third-order valence-corrected chi connectivity index (χ3v) is 4.57. The van der Waals surface area contributed by atoms with Crippen LogP contribution in [0, 0.1) is 22.7 Å². The van der Waals surface area contributed by atoms with Gasteiger partial charge in [0.2, 0.25) is 0 Å². The second-order valence-corrected chi connectivity index (χ2v) is 7.13. The third kappa shape index (κ3) is 4.10. The van der Waals surface area contributed by atoms with E-state index >= 15 is 0 Å². The number of benzene rings is 1. The molecule has 0 aliphatic heterocycles. The number of nitrogens with zero attached hydrogens (tertiary/aromatic N) is 4. The van der Waals surface area contributed by atoms with E-state index in [4.69, 9.17) is 15.4 Å². The van der Waals surface area contributed by atoms with Gasteiger partial charge in [-0.15, -0.1) is 0 Å². The van der Waals surface area contributed by atoms with Crippen molar-refractivity contribution in [3.63, 3.8) is 0 Å². The number of rotatable bonds is 7. The number of hydrogen-bond donors (Lipinski definition) is 1. The number of Topliss-reactive ketones (excluding diaryl/α,β-unsaturated/α-hetero) is 1. The number of hydrogen-bond acceptors (Lipinski definition) is 7. The molecule has 8 nitrogen and oxygen atoms in total. The first-order valence-electron chi connectivity index (χ1n) is 9.41. The van der Waals surface area contributed by atoms with Crippen molar-refractivity contribution in [1.29, 1.82) is 10.7 Å². The van der Waals surface area contributed by atoms with Gasteiger partial charge in [0.1, 0.15) is 5.92 Å². The lowest BCUT2D eigenvalue weighted by atomic mass is 10.0. The Hall–Kier alpha value is -3.86. The van der Waals surface area contributed by atoms with E-state index in [1.807, 2.05) is 44.2 Å². The average Bonchev–Trinajstić information content (AvgIpc) is 3.16. The fourth-order valence-electron chi connectivity index (χ4n) is 3.03. The van der Waals surface area contributed by atoms with E-state index in [9.17, 15) is 9.59 Å². The highest BCUT2D eigenvalue weighted by molar-refractivity contribution is 6.08. The Bertz CT molecular complexity index is 1160. The molecule has 0 spiro atoms. The number of aromatic nitrogens is 3. The predicted molar refractivity (Wildman–Crippen MR) is 111 cm³/mol. The van der Waals surface area contributed by atoms with Gasteiger partial charge in [-0.05, 0) is 26.8 Å². The fraction of sp³-hybridized carbons (Fsp3) is 0.273. The summed E-state index contributed by atoms with van der Waals surface area (Å²) in [5.74, 6) is -2.57. The number of nitriles is 1. The molecule has 1 atom stereocenters. The van der Waals surface area contributed by atoms with Crippen LogP contribution in [-0.4, -0.2) is 38.8 Å². The molecule has 8 heteroatoms. The quantitative estimate of drug-likeness (QED) is 0.475. The van der Waals surface area contributed by atoms with Gasteiger partial charge >= 0.3 is 5.97 Å². The zero-order valence-corrected chi connectivity index (χ0v) is 16.9. The first-order chi connectivity index (χ1) is 14.3. The molecule has 2 heterocycles. The molecule has 3 aromatic rings. The molecule has 1 N–H and O–H groups in total. The van der Waals surface area contributed by atoms with Gasteiger partial charge in [0, 0.05) is 17.3 Å². The number of pyridine rings is 1. The van der Waals surface area contributed by atoms with Crippen molar-refractivity contribution in [3.8, 4) is 17.3 Å². The maximum Gasteiger partial charge on any atom is 0.339 e. The van der Waals surface area contributed by atoms with E-state index in [1.165, 1.54) is 6.92 Å². The summed E-state index contributed by atoms with van der Waals surface area (Å²) >= 11 is 0. The summed E-state index contributed by atoms with van der Waals surface area (Å²) in [4.78, 5) is 29.6. The molecule has 152 valence electrons. The van der Waals surface area contributed by atoms with Gasteiger partial charge < -0.3 is 10.1 Å². The zero-order chi connectivity index (χ0) is 21.8. The predicted octanol–water partition coefficient (Wildman–Crippen LogP) is 3.58. The Kier molecular flexibility index (Phi) is 6.02. The van der Waals surface area contributed by atoms with Crippen LogP contribution in [0.4, 0.5) is 0 Å². The number of ether oxygens (including phenoxy) is 1. The summed E-state index contributed by atoms with van der Waals surface area (Å²) < 4.78 is 6.91. The van der Waals surface area contributed by atoms with Crippen molar-refractivity contribution in [3.05, 3.63) is 48.2 Å². The van der Waals surface area contributed by atoms with Gasteiger partial charge in [-0.3, -0.25) is 4.79 Å². The number of ketones is 1. The Morgan fingerprint density at radius 1 is 1.27 bits per heavy atom. The topological polar surface area (TPSA) is 122 Å². The summed E-state index contributed by atoms with van der Waals surface area (Å²) in [5.41, 5.74) is 2.09. The maximum absolute atomic E-state index is 12.8. The van der Waals surface area contributed by atoms with Gasteiger partial charge in [0.15, 0.2) is 18.0 Å². The molecule has 0 saturated heterocycles. The van der Waals surface area contributed by atoms with E-state index in [0.29, 0.717) is 16.7 Å². The maximum atomic E-state index is 12.8. The minimum absolute atomic E-state index is 0.0263. The van der Waals surface area contributed by atoms with Gasteiger partial charge in [-0.1, -0.05) is 30.3 Å². The van der Waals surface area contributed by atoms with Crippen LogP contribution >= 0.6 is 0 Å². The molecule has 0 fully saturated rings. The Labute approximate surface area is 173 Å². The fourth-order valence-corrected chi connectivity index (χ4v) is 3.03. The lowest BCUT2D eigenvalue weighted by Gasteiger charge is -2.11. The minimum Gasteiger partial charge on any atom is -0.454 e. The molecule has 0 amide bonds. The highest BCUT2D eigenvalue weighted by Gasteiger charge is 2.24. The molecule has 0 radical (unpaired) electrons. The van der Waals surface area contributed by atoms with Crippen molar-refractivity contribution in [2.75, 3.05) is 6.61 Å². The van der Waals surface area contributed by atoms with Crippen LogP contribution in [0.25, 0.3) is 22.3 Å². The number of carbonyl (C=O) groups excluding carboxylic acids is 2. The van der Waals surface area contributed by atoms with E-state index in [0.717, 1.165) is 5.56 Å². The summed E-state index contributed by atoms with van der Waals surface area (Å²) in [6.07, 6.45) is 1.55. The minimum atomic E-state index is -1.22. The lowest BCUT2D eigenvalue weighted by Crippen LogP contribution is -2.25. The van der Waals surface area contributed by atoms with E-state index in [-0.39, 0.29) is 17.3 Å². The smallest absolute Gasteiger partial charge is 0.339 e. The van der Waals surface area contributed by atoms with Crippen LogP contribution in [0.2, 0.25) is 0 Å². The largest absolute Gasteiger partial charge is 0.454 e. The molecular formula is C22H21N5O3. The standard InChI is InChI=1S/C22H21N5O3/c1-13(2)27-21-18(11-25-27)16(9-19(26-21)15-7-5-4-6-8-15)22(29)30-12-20(28)17(10-23)14(3)24/h4-9,11,13,17,24H,12H2,1-3H3/t17-/m1/s1. The second-order valence-electron chi connectivity index (χ2n) is 7.13. The van der Waals surface area contributed by atoms with Crippen LogP contribution in [0.3, 0.4) is 0 Å². The number of fused-ring (bicyclic) bond motifs is 1. The summed E-state index contributed by atoms with van der Waals surface area (Å²) in [6, 6.07) is 12.8. The first-order valence-corrected chi connectivity index (χ1v) is 9.41. The molecule has 0 unspecified atom stereocenters. The lowest BCUT2D eigenvalue weighted by molar-refractivity contribution is -0.122. The van der Waals surface area contributed by atoms with Crippen LogP contribution in [-0.2, 0) is 9.53 Å². The molecule has 30 heavy (non-hydrogen) atoms. The van der Waals surface area contributed by atoms with Gasteiger partial charge in [0.25, 0.3) is 0 Å². The number of nitrogens with one attached hydrogen (secondary N) is 1. The van der Waals surface area contributed by atoms with Crippen molar-refractivity contribution in [2.24, 2.45) is 5.92 Å². The molecular weight excluding hydrogens is 382 g/mol. The highest BCUT2D eigenvalue weighted by atomic mass is 16.5. The Balaban J connectivity index is 2.00. The van der Waals surface area contributed by atoms with Gasteiger partial charge in [0.05, 0.1) is 28.9 Å². The molecule has 2 aromatic heterocycles. The molecule has 0 saturated carbocycles. The van der Waals surface area contributed by atoms with Crippen molar-refractivity contribution in [2.45, 2.75) is 26.8 Å². The SMILES string of the molecule is CC(=N)[C@@H](C#N)C(=O)COC(=O)c1cc(-c2ccccc2)nc2c1cnn2C(C)C. The van der Waals surface area contributed by atoms with Crippen LogP contribution in [0.15, 0.2) is 42.6 Å². The normalized spacial score (nSPS) is 11.8. The zero-order valence-electron chi connectivity index (χ0n) is 16.9. The van der Waals surface area contributed by atoms with Gasteiger partial charge in [-0.2, -0.15) is 10.4 Å². The summed E-state index contributed by atoms with van der Waals surface area (Å²) in [5, 5.41) is 21.4. The molecule has 0 aliphatic carbocycles. The Morgan fingerprint density at radius 3 is 2.57 bits per heavy atom. The van der Waals surface area contributed by atoms with Crippen LogP contribution < -0.4 is 0 Å². The molecule has 0 aliphatic rings. The van der Waals surface area contributed by atoms with Crippen molar-refractivity contribution in [1.82, 2.24) is 14.8 Å². The number of carbonyl (C=O) groups is 2. The molecule has 3 rings (SSSR count). The van der Waals surface area contributed by atoms with E-state index < -0.39 is 24.3 Å². The van der Waals surface area contributed by atoms with Gasteiger partial charge in [-0.25, -0.2) is 14.5 Å². The molecule has 0 bridgehead atoms. The van der Waals surface area contributed by atoms with Crippen LogP contribution in [0.5, 0.6) is 0 Å². The first kappa shape index (κ1) is 20.9. The second kappa shape index (κ2) is 8.66. The van der Waals surface area contributed by atoms with Crippen molar-refractivity contribution >= 4 is 28.5 Å². The average molecular weight is 403 g/mol. The number of esters is 1. The monoisotopic (exact) mass is 403 g/mol. The van der Waals surface area contributed by atoms with Crippen LogP contribution in [0.1, 0.15) is 37.2 Å². The highest BCUT2D eigenvalue weighted by Crippen LogP contribution is 2.26.